The lowest BCUT2D eigenvalue weighted by atomic mass is 10.1. The van der Waals surface area contributed by atoms with E-state index >= 15 is 0 Å². The highest BCUT2D eigenvalue weighted by atomic mass is 16.2. The Balaban J connectivity index is 1.64. The van der Waals surface area contributed by atoms with Crippen molar-refractivity contribution in [2.75, 3.05) is 0 Å². The van der Waals surface area contributed by atoms with Gasteiger partial charge in [0.15, 0.2) is 0 Å². The fraction of sp³-hybridized carbons (Fsp3) is 0.0556. The number of hydrogen-bond donors (Lipinski definition) is 1. The molecule has 5 heteroatoms. The van der Waals surface area contributed by atoms with Crippen LogP contribution < -0.4 is 11.0 Å². The lowest BCUT2D eigenvalue weighted by Gasteiger charge is -2.03. The molecule has 1 aromatic heterocycles. The van der Waals surface area contributed by atoms with E-state index in [0.29, 0.717) is 0 Å². The first-order valence-electron chi connectivity index (χ1n) is 7.18. The summed E-state index contributed by atoms with van der Waals surface area (Å²) in [6.07, 6.45) is 3.15. The number of fused-ring (bicyclic) bond motifs is 1. The molecule has 0 saturated carbocycles. The Hall–Kier alpha value is -3.21. The number of hydrazone groups is 1. The van der Waals surface area contributed by atoms with Crippen molar-refractivity contribution in [3.05, 3.63) is 82.8 Å². The van der Waals surface area contributed by atoms with E-state index < -0.39 is 0 Å². The number of rotatable bonds is 4. The molecule has 0 atom stereocenters. The molecule has 0 fully saturated rings. The summed E-state index contributed by atoms with van der Waals surface area (Å²) in [5.74, 6) is -0.352. The van der Waals surface area contributed by atoms with Crippen LogP contribution >= 0.6 is 0 Å². The van der Waals surface area contributed by atoms with Gasteiger partial charge in [0.2, 0.25) is 0 Å². The van der Waals surface area contributed by atoms with Crippen LogP contribution in [0.25, 0.3) is 10.8 Å². The first kappa shape index (κ1) is 14.7. The number of benzene rings is 2. The second-order valence-corrected chi connectivity index (χ2v) is 5.07. The Bertz CT molecular complexity index is 928. The number of pyridine rings is 1. The third-order valence-corrected chi connectivity index (χ3v) is 3.39. The molecule has 0 saturated heterocycles. The van der Waals surface area contributed by atoms with E-state index in [9.17, 15) is 9.59 Å². The molecular weight excluding hydrogens is 290 g/mol. The van der Waals surface area contributed by atoms with Crippen LogP contribution in [0.4, 0.5) is 0 Å². The maximum atomic E-state index is 11.8. The predicted octanol–water partition coefficient (Wildman–Crippen LogP) is 2.15. The summed E-state index contributed by atoms with van der Waals surface area (Å²) in [5, 5.41) is 6.19. The fourth-order valence-corrected chi connectivity index (χ4v) is 2.25. The van der Waals surface area contributed by atoms with E-state index in [1.54, 1.807) is 24.5 Å². The molecule has 1 amide bonds. The Morgan fingerprint density at radius 1 is 1.04 bits per heavy atom. The SMILES string of the molecule is O=C(Cn1ccccc1=O)N/N=C\c1ccc2ccccc2c1. The molecule has 0 radical (unpaired) electrons. The van der Waals surface area contributed by atoms with Crippen molar-refractivity contribution in [3.63, 3.8) is 0 Å². The molecule has 114 valence electrons. The topological polar surface area (TPSA) is 63.5 Å². The standard InChI is InChI=1S/C18H15N3O2/c22-17(13-21-10-4-3-7-18(21)23)20-19-12-14-8-9-15-5-1-2-6-16(15)11-14/h1-12H,13H2,(H,20,22)/b19-12-. The van der Waals surface area contributed by atoms with Gasteiger partial charge in [-0.1, -0.05) is 42.5 Å². The third-order valence-electron chi connectivity index (χ3n) is 3.39. The van der Waals surface area contributed by atoms with Crippen molar-refractivity contribution in [2.24, 2.45) is 5.10 Å². The van der Waals surface area contributed by atoms with E-state index in [-0.39, 0.29) is 18.0 Å². The number of hydrogen-bond acceptors (Lipinski definition) is 3. The van der Waals surface area contributed by atoms with Crippen molar-refractivity contribution >= 4 is 22.9 Å². The molecule has 2 aromatic carbocycles. The summed E-state index contributed by atoms with van der Waals surface area (Å²) >= 11 is 0. The molecule has 0 bridgehead atoms. The Kier molecular flexibility index (Phi) is 4.29. The molecule has 0 aliphatic rings. The molecule has 1 N–H and O–H groups in total. The van der Waals surface area contributed by atoms with Crippen LogP contribution in [0.3, 0.4) is 0 Å². The number of amides is 1. The number of aromatic nitrogens is 1. The highest BCUT2D eigenvalue weighted by Crippen LogP contribution is 2.14. The van der Waals surface area contributed by atoms with Crippen LogP contribution in [-0.4, -0.2) is 16.7 Å². The van der Waals surface area contributed by atoms with Crippen molar-refractivity contribution in [3.8, 4) is 0 Å². The molecule has 23 heavy (non-hydrogen) atoms. The van der Waals surface area contributed by atoms with Crippen LogP contribution in [0.15, 0.2) is 76.8 Å². The summed E-state index contributed by atoms with van der Waals surface area (Å²) in [6.45, 7) is -0.0608. The van der Waals surface area contributed by atoms with Crippen molar-refractivity contribution < 1.29 is 4.79 Å². The van der Waals surface area contributed by atoms with Gasteiger partial charge in [0, 0.05) is 12.3 Å². The van der Waals surface area contributed by atoms with Gasteiger partial charge < -0.3 is 4.57 Å². The number of carbonyl (C=O) groups is 1. The normalized spacial score (nSPS) is 11.0. The summed E-state index contributed by atoms with van der Waals surface area (Å²) in [4.78, 5) is 23.3. The minimum absolute atomic E-state index is 0.0608. The van der Waals surface area contributed by atoms with Crippen LogP contribution in [-0.2, 0) is 11.3 Å². The molecule has 0 aliphatic heterocycles. The Labute approximate surface area is 132 Å². The number of carbonyl (C=O) groups excluding carboxylic acids is 1. The maximum Gasteiger partial charge on any atom is 0.260 e. The van der Waals surface area contributed by atoms with E-state index in [4.69, 9.17) is 0 Å². The summed E-state index contributed by atoms with van der Waals surface area (Å²) in [6, 6.07) is 18.7. The molecule has 0 spiro atoms. The van der Waals surface area contributed by atoms with Gasteiger partial charge in [-0.05, 0) is 28.5 Å². The minimum atomic E-state index is -0.352. The van der Waals surface area contributed by atoms with Gasteiger partial charge in [0.1, 0.15) is 6.54 Å². The molecule has 3 aromatic rings. The number of nitrogens with one attached hydrogen (secondary N) is 1. The van der Waals surface area contributed by atoms with Crippen molar-refractivity contribution in [1.82, 2.24) is 9.99 Å². The monoisotopic (exact) mass is 305 g/mol. The lowest BCUT2D eigenvalue weighted by molar-refractivity contribution is -0.121. The number of nitrogens with zero attached hydrogens (tertiary/aromatic N) is 2. The maximum absolute atomic E-state index is 11.8. The highest BCUT2D eigenvalue weighted by molar-refractivity contribution is 5.90. The van der Waals surface area contributed by atoms with E-state index in [1.807, 2.05) is 42.5 Å². The second-order valence-electron chi connectivity index (χ2n) is 5.07. The largest absolute Gasteiger partial charge is 0.306 e. The molecule has 5 nitrogen and oxygen atoms in total. The zero-order valence-corrected chi connectivity index (χ0v) is 12.3. The van der Waals surface area contributed by atoms with Gasteiger partial charge in [-0.2, -0.15) is 5.10 Å². The van der Waals surface area contributed by atoms with E-state index in [0.717, 1.165) is 16.3 Å². The molecular formula is C18H15N3O2. The predicted molar refractivity (Wildman–Crippen MR) is 90.4 cm³/mol. The average molecular weight is 305 g/mol. The molecule has 0 unspecified atom stereocenters. The van der Waals surface area contributed by atoms with E-state index in [2.05, 4.69) is 10.5 Å². The van der Waals surface area contributed by atoms with Crippen LogP contribution in [0, 0.1) is 0 Å². The summed E-state index contributed by atoms with van der Waals surface area (Å²) < 4.78 is 1.32. The first-order chi connectivity index (χ1) is 11.2. The van der Waals surface area contributed by atoms with Crippen molar-refractivity contribution in [1.29, 1.82) is 0 Å². The molecule has 3 rings (SSSR count). The second kappa shape index (κ2) is 6.70. The zero-order valence-electron chi connectivity index (χ0n) is 12.3. The van der Waals surface area contributed by atoms with Crippen molar-refractivity contribution in [2.45, 2.75) is 6.54 Å². The highest BCUT2D eigenvalue weighted by Gasteiger charge is 2.02. The van der Waals surface area contributed by atoms with E-state index in [1.165, 1.54) is 10.6 Å². The lowest BCUT2D eigenvalue weighted by Crippen LogP contribution is -2.28. The average Bonchev–Trinajstić information content (AvgIpc) is 2.57. The van der Waals surface area contributed by atoms with Crippen LogP contribution in [0.5, 0.6) is 0 Å². The zero-order chi connectivity index (χ0) is 16.1. The fourth-order valence-electron chi connectivity index (χ4n) is 2.25. The van der Waals surface area contributed by atoms with Gasteiger partial charge in [-0.15, -0.1) is 0 Å². The first-order valence-corrected chi connectivity index (χ1v) is 7.18. The molecule has 0 aliphatic carbocycles. The minimum Gasteiger partial charge on any atom is -0.306 e. The van der Waals surface area contributed by atoms with Gasteiger partial charge in [0.25, 0.3) is 11.5 Å². The van der Waals surface area contributed by atoms with Gasteiger partial charge in [-0.3, -0.25) is 9.59 Å². The van der Waals surface area contributed by atoms with Crippen LogP contribution in [0.2, 0.25) is 0 Å². The Morgan fingerprint density at radius 3 is 2.65 bits per heavy atom. The van der Waals surface area contributed by atoms with Gasteiger partial charge in [0.05, 0.1) is 6.21 Å². The van der Waals surface area contributed by atoms with Crippen LogP contribution in [0.1, 0.15) is 5.56 Å². The summed E-state index contributed by atoms with van der Waals surface area (Å²) in [5.41, 5.74) is 3.09. The molecule has 1 heterocycles. The van der Waals surface area contributed by atoms with Gasteiger partial charge in [-0.25, -0.2) is 5.43 Å². The smallest absolute Gasteiger partial charge is 0.260 e. The Morgan fingerprint density at radius 2 is 1.83 bits per heavy atom. The third kappa shape index (κ3) is 3.71. The summed E-state index contributed by atoms with van der Waals surface area (Å²) in [7, 11) is 0. The van der Waals surface area contributed by atoms with Gasteiger partial charge >= 0.3 is 0 Å². The quantitative estimate of drug-likeness (QED) is 0.593.